The molecule has 2 heterocycles. The summed E-state index contributed by atoms with van der Waals surface area (Å²) in [6, 6.07) is 6.52. The Morgan fingerprint density at radius 3 is 2.80 bits per heavy atom. The van der Waals surface area contributed by atoms with Gasteiger partial charge in [0.25, 0.3) is 0 Å². The second kappa shape index (κ2) is 12.3. The Kier molecular flexibility index (Phi) is 9.18. The van der Waals surface area contributed by atoms with Crippen molar-refractivity contribution in [1.29, 1.82) is 0 Å². The molecular formula is C24H35ClN7O2S-. The van der Waals surface area contributed by atoms with Gasteiger partial charge in [0.05, 0.1) is 6.20 Å². The van der Waals surface area contributed by atoms with Crippen LogP contribution < -0.4 is 20.3 Å². The molecule has 1 aromatic carbocycles. The van der Waals surface area contributed by atoms with Crippen LogP contribution in [0.1, 0.15) is 45.1 Å². The van der Waals surface area contributed by atoms with Crippen LogP contribution in [-0.4, -0.2) is 62.4 Å². The van der Waals surface area contributed by atoms with Gasteiger partial charge in [0.1, 0.15) is 5.02 Å². The number of hydrogen-bond acceptors (Lipinski definition) is 8. The second-order valence-electron chi connectivity index (χ2n) is 9.19. The number of nitrogens with one attached hydrogen (secondary N) is 3. The van der Waals surface area contributed by atoms with Crippen molar-refractivity contribution in [2.75, 3.05) is 48.3 Å². The summed E-state index contributed by atoms with van der Waals surface area (Å²) in [6.45, 7) is 9.80. The van der Waals surface area contributed by atoms with Gasteiger partial charge in [-0.1, -0.05) is 37.4 Å². The smallest absolute Gasteiger partial charge is 0.229 e. The van der Waals surface area contributed by atoms with Crippen LogP contribution in [0.5, 0.6) is 0 Å². The van der Waals surface area contributed by atoms with Crippen molar-refractivity contribution in [1.82, 2.24) is 19.6 Å². The van der Waals surface area contributed by atoms with Gasteiger partial charge in [-0.25, -0.2) is 9.71 Å². The maximum atomic E-state index is 11.0. The number of benzene rings is 1. The maximum Gasteiger partial charge on any atom is 0.229 e. The largest absolute Gasteiger partial charge is 0.760 e. The molecule has 0 bridgehead atoms. The lowest BCUT2D eigenvalue weighted by Crippen LogP contribution is -2.39. The van der Waals surface area contributed by atoms with Crippen molar-refractivity contribution in [3.63, 3.8) is 0 Å². The van der Waals surface area contributed by atoms with Crippen molar-refractivity contribution in [3.8, 4) is 0 Å². The highest BCUT2D eigenvalue weighted by molar-refractivity contribution is 7.77. The van der Waals surface area contributed by atoms with E-state index in [4.69, 9.17) is 11.6 Å². The highest BCUT2D eigenvalue weighted by atomic mass is 35.5. The monoisotopic (exact) mass is 520 g/mol. The molecule has 3 atom stereocenters. The Balaban J connectivity index is 1.50. The summed E-state index contributed by atoms with van der Waals surface area (Å²) in [5.41, 5.74) is 3.50. The molecule has 1 aliphatic heterocycles. The first-order valence-corrected chi connectivity index (χ1v) is 13.9. The standard InChI is InChI=1S/C24H36ClN7O2S/c1-3-31-11-12-32(4-2)22-13-19(10-9-18(22)16-31)28-24-26-15-20(25)23(30-24)29-21-8-6-5-7-17(21)14-27-35(33)34/h9-10,13,15,17,21,27H,3-8,11-12,14,16H2,1-2H3,(H,33,34)(H2,26,28,29,30)/p-1/t17-,21-/m1/s1. The highest BCUT2D eigenvalue weighted by Crippen LogP contribution is 2.31. The molecule has 2 aliphatic rings. The van der Waals surface area contributed by atoms with Crippen molar-refractivity contribution in [3.05, 3.63) is 35.0 Å². The second-order valence-corrected chi connectivity index (χ2v) is 10.4. The molecule has 35 heavy (non-hydrogen) atoms. The normalized spacial score (nSPS) is 21.8. The van der Waals surface area contributed by atoms with E-state index in [1.54, 1.807) is 6.20 Å². The molecule has 1 fully saturated rings. The summed E-state index contributed by atoms with van der Waals surface area (Å²) in [5.74, 6) is 1.21. The molecule has 1 saturated carbocycles. The molecule has 1 aromatic heterocycles. The predicted octanol–water partition coefficient (Wildman–Crippen LogP) is 3.89. The van der Waals surface area contributed by atoms with Crippen LogP contribution in [0.3, 0.4) is 0 Å². The summed E-state index contributed by atoms with van der Waals surface area (Å²) in [4.78, 5) is 13.9. The van der Waals surface area contributed by atoms with Crippen LogP contribution in [-0.2, 0) is 17.8 Å². The molecule has 4 rings (SSSR count). The lowest BCUT2D eigenvalue weighted by molar-refractivity contribution is 0.293. The van der Waals surface area contributed by atoms with E-state index in [0.717, 1.165) is 64.1 Å². The summed E-state index contributed by atoms with van der Waals surface area (Å²) < 4.78 is 24.5. The summed E-state index contributed by atoms with van der Waals surface area (Å²) in [5, 5.41) is 7.25. The first-order valence-electron chi connectivity index (χ1n) is 12.5. The minimum Gasteiger partial charge on any atom is -0.760 e. The van der Waals surface area contributed by atoms with E-state index in [1.165, 1.54) is 11.3 Å². The number of nitrogens with zero attached hydrogens (tertiary/aromatic N) is 4. The third-order valence-electron chi connectivity index (χ3n) is 7.03. The minimum atomic E-state index is -2.26. The molecule has 9 nitrogen and oxygen atoms in total. The van der Waals surface area contributed by atoms with Gasteiger partial charge in [0.2, 0.25) is 5.95 Å². The summed E-state index contributed by atoms with van der Waals surface area (Å²) in [6.07, 6.45) is 5.66. The molecule has 0 saturated heterocycles. The van der Waals surface area contributed by atoms with E-state index in [9.17, 15) is 8.76 Å². The van der Waals surface area contributed by atoms with Crippen LogP contribution in [0.2, 0.25) is 5.02 Å². The number of anilines is 4. The lowest BCUT2D eigenvalue weighted by atomic mass is 9.84. The van der Waals surface area contributed by atoms with E-state index in [0.29, 0.717) is 23.3 Å². The molecule has 11 heteroatoms. The molecule has 1 unspecified atom stereocenters. The third-order valence-corrected chi connectivity index (χ3v) is 7.71. The molecule has 192 valence electrons. The van der Waals surface area contributed by atoms with Gasteiger partial charge in [-0.15, -0.1) is 0 Å². The number of aromatic nitrogens is 2. The Bertz CT molecular complexity index is 1030. The van der Waals surface area contributed by atoms with E-state index in [2.05, 4.69) is 67.2 Å². The van der Waals surface area contributed by atoms with Crippen LogP contribution in [0.25, 0.3) is 0 Å². The fourth-order valence-corrected chi connectivity index (χ4v) is 5.52. The van der Waals surface area contributed by atoms with Crippen LogP contribution in [0.4, 0.5) is 23.1 Å². The molecule has 3 N–H and O–H groups in total. The molecule has 0 radical (unpaired) electrons. The lowest BCUT2D eigenvalue weighted by Gasteiger charge is -2.33. The van der Waals surface area contributed by atoms with E-state index >= 15 is 0 Å². The average Bonchev–Trinajstić information content (AvgIpc) is 3.04. The minimum absolute atomic E-state index is 0.0900. The Hall–Kier alpha value is -1.98. The first kappa shape index (κ1) is 26.1. The SMILES string of the molecule is CCN1CCN(CC)c2cc(Nc3ncc(Cl)c(N[C@@H]4CCCC[C@@H]4CNS(=O)[O-])n3)ccc2C1. The summed E-state index contributed by atoms with van der Waals surface area (Å²) >= 11 is 4.17. The van der Waals surface area contributed by atoms with Gasteiger partial charge in [0, 0.05) is 61.4 Å². The Labute approximate surface area is 215 Å². The number of hydrogen-bond donors (Lipinski definition) is 3. The molecule has 0 spiro atoms. The number of halogens is 1. The van der Waals surface area contributed by atoms with Crippen LogP contribution in [0, 0.1) is 5.92 Å². The third kappa shape index (κ3) is 6.83. The van der Waals surface area contributed by atoms with Gasteiger partial charge >= 0.3 is 0 Å². The fraction of sp³-hybridized carbons (Fsp3) is 0.583. The van der Waals surface area contributed by atoms with Crippen molar-refractivity contribution in [2.45, 2.75) is 52.1 Å². The van der Waals surface area contributed by atoms with Gasteiger partial charge in [-0.3, -0.25) is 9.11 Å². The van der Waals surface area contributed by atoms with Gasteiger partial charge in [-0.2, -0.15) is 4.98 Å². The van der Waals surface area contributed by atoms with Crippen LogP contribution in [0.15, 0.2) is 24.4 Å². The highest BCUT2D eigenvalue weighted by Gasteiger charge is 2.26. The van der Waals surface area contributed by atoms with Gasteiger partial charge in [0.15, 0.2) is 5.82 Å². The number of likely N-dealkylation sites (N-methyl/N-ethyl adjacent to an activating group) is 2. The van der Waals surface area contributed by atoms with Crippen molar-refractivity contribution < 1.29 is 8.76 Å². The molecule has 0 amide bonds. The Morgan fingerprint density at radius 1 is 1.20 bits per heavy atom. The first-order chi connectivity index (χ1) is 17.0. The van der Waals surface area contributed by atoms with E-state index in [-0.39, 0.29) is 12.0 Å². The van der Waals surface area contributed by atoms with Crippen LogP contribution >= 0.6 is 11.6 Å². The fourth-order valence-electron chi connectivity index (χ4n) is 5.02. The molecule has 1 aliphatic carbocycles. The topological polar surface area (TPSA) is 108 Å². The van der Waals surface area contributed by atoms with Crippen molar-refractivity contribution in [2.24, 2.45) is 5.92 Å². The average molecular weight is 521 g/mol. The number of fused-ring (bicyclic) bond motifs is 1. The van der Waals surface area contributed by atoms with E-state index in [1.807, 2.05) is 0 Å². The predicted molar refractivity (Wildman–Crippen MR) is 142 cm³/mol. The zero-order valence-electron chi connectivity index (χ0n) is 20.4. The van der Waals surface area contributed by atoms with Crippen molar-refractivity contribution >= 4 is 46.0 Å². The zero-order chi connectivity index (χ0) is 24.8. The number of rotatable bonds is 9. The molecular weight excluding hydrogens is 486 g/mol. The quantitative estimate of drug-likeness (QED) is 0.427. The maximum absolute atomic E-state index is 11.0. The zero-order valence-corrected chi connectivity index (χ0v) is 22.0. The van der Waals surface area contributed by atoms with Gasteiger partial charge < -0.3 is 20.1 Å². The summed E-state index contributed by atoms with van der Waals surface area (Å²) in [7, 11) is 0. The van der Waals surface area contributed by atoms with E-state index < -0.39 is 11.3 Å². The molecule has 2 aromatic rings. The van der Waals surface area contributed by atoms with Gasteiger partial charge in [-0.05, 0) is 49.9 Å². The Morgan fingerprint density at radius 2 is 2.03 bits per heavy atom.